The van der Waals surface area contributed by atoms with Gasteiger partial charge in [-0.2, -0.15) is 0 Å². The van der Waals surface area contributed by atoms with Crippen LogP contribution in [0.25, 0.3) is 0 Å². The zero-order valence-electron chi connectivity index (χ0n) is 18.1. The third-order valence-corrected chi connectivity index (χ3v) is 7.43. The number of quaternary nitrogens is 2. The molecule has 0 heterocycles. The van der Waals surface area contributed by atoms with Gasteiger partial charge >= 0.3 is 7.32 Å². The van der Waals surface area contributed by atoms with Crippen molar-refractivity contribution in [3.63, 3.8) is 0 Å². The molecule has 11 heteroatoms. The Morgan fingerprint density at radius 1 is 0.806 bits per heavy atom. The van der Waals surface area contributed by atoms with E-state index in [-0.39, 0.29) is 7.74 Å². The Hall–Kier alpha value is 0.185. The summed E-state index contributed by atoms with van der Waals surface area (Å²) < 4.78 is 1.42. The van der Waals surface area contributed by atoms with Gasteiger partial charge in [-0.25, -0.2) is 0 Å². The molecule has 0 fully saturated rings. The lowest BCUT2D eigenvalue weighted by atomic mass is 10.2. The molecule has 3 N–H and O–H groups in total. The normalized spacial score (nSPS) is 12.7. The second-order valence-corrected chi connectivity index (χ2v) is 15.0. The molecule has 0 radical (unpaired) electrons. The Balaban J connectivity index is 0. The van der Waals surface area contributed by atoms with Crippen LogP contribution in [-0.4, -0.2) is 67.7 Å². The Labute approximate surface area is 220 Å². The Kier molecular flexibility index (Phi) is 17.1. The molecule has 2 aromatic carbocycles. The highest BCUT2D eigenvalue weighted by atomic mass is 80.0. The molecule has 0 aliphatic rings. The molecule has 0 saturated carbocycles. The van der Waals surface area contributed by atoms with Crippen molar-refractivity contribution in [2.45, 2.75) is 15.4 Å². The van der Waals surface area contributed by atoms with Crippen LogP contribution >= 0.6 is 63.7 Å². The van der Waals surface area contributed by atoms with E-state index in [2.05, 4.69) is 147 Å². The molecular formula is C20H31BBr4N2O4. The van der Waals surface area contributed by atoms with Crippen molar-refractivity contribution in [2.24, 2.45) is 0 Å². The molecule has 0 aliphatic carbocycles. The Morgan fingerprint density at radius 2 is 1.13 bits per heavy atom. The van der Waals surface area contributed by atoms with Crippen LogP contribution in [0.1, 0.15) is 11.1 Å². The second-order valence-electron chi connectivity index (χ2n) is 7.89. The van der Waals surface area contributed by atoms with Crippen molar-refractivity contribution in [1.29, 1.82) is 0 Å². The minimum absolute atomic E-state index is 0. The van der Waals surface area contributed by atoms with Crippen molar-refractivity contribution in [3.8, 4) is 0 Å². The van der Waals surface area contributed by atoms with Gasteiger partial charge in [-0.05, 0) is 15.9 Å². The largest absolute Gasteiger partial charge is 0.870 e. The van der Waals surface area contributed by atoms with Gasteiger partial charge in [0.05, 0.1) is 28.2 Å². The number of benzene rings is 2. The minimum atomic E-state index is -2.42. The first-order valence-corrected chi connectivity index (χ1v) is 12.6. The maximum absolute atomic E-state index is 8.64. The van der Waals surface area contributed by atoms with E-state index in [1.165, 1.54) is 11.1 Å². The average molecular weight is 694 g/mol. The SMILES string of the molecule is C[N+](C)(C)Cc1ccccc1.C[N+](CBr)(Cc1ccccc1)C(Br)(Br)Br.[O-]B(O)O.[OH-]. The Morgan fingerprint density at radius 3 is 1.39 bits per heavy atom. The van der Waals surface area contributed by atoms with Gasteiger partial charge in [-0.1, -0.05) is 60.7 Å². The molecule has 31 heavy (non-hydrogen) atoms. The van der Waals surface area contributed by atoms with E-state index < -0.39 is 7.32 Å². The van der Waals surface area contributed by atoms with Crippen LogP contribution in [0.3, 0.4) is 0 Å². The molecule has 0 aromatic heterocycles. The lowest BCUT2D eigenvalue weighted by Crippen LogP contribution is -2.50. The maximum Gasteiger partial charge on any atom is 0.339 e. The molecule has 0 spiro atoms. The zero-order chi connectivity index (χ0) is 23.4. The molecule has 0 bridgehead atoms. The molecule has 0 amide bonds. The highest BCUT2D eigenvalue weighted by molar-refractivity contribution is 9.39. The van der Waals surface area contributed by atoms with E-state index in [1.807, 2.05) is 6.07 Å². The predicted octanol–water partition coefficient (Wildman–Crippen LogP) is 3.81. The highest BCUT2D eigenvalue weighted by Crippen LogP contribution is 2.44. The second kappa shape index (κ2) is 15.9. The summed E-state index contributed by atoms with van der Waals surface area (Å²) in [6.07, 6.45) is 0. The van der Waals surface area contributed by atoms with Crippen LogP contribution in [0.2, 0.25) is 0 Å². The number of rotatable bonds is 5. The third-order valence-electron chi connectivity index (χ3n) is 3.75. The van der Waals surface area contributed by atoms with Gasteiger partial charge < -0.3 is 25.0 Å². The van der Waals surface area contributed by atoms with Crippen molar-refractivity contribution >= 4 is 71.0 Å². The molecule has 2 rings (SSSR count). The van der Waals surface area contributed by atoms with E-state index in [4.69, 9.17) is 15.1 Å². The monoisotopic (exact) mass is 690 g/mol. The standard InChI is InChI=1S/C10H12Br4N.C10H16N.BH2O3.H2O/c1-15(8-11,10(12,13)14)7-9-5-3-2-4-6-9;1-11(2,3)9-10-7-5-4-6-8-10;2-1(3)4;/h2-6H,7-8H2,1H3;4-8H,9H2,1-3H3;2-3H;1H2/q2*+1;-1;/p-1. The van der Waals surface area contributed by atoms with Gasteiger partial charge in [0.25, 0.3) is 2.27 Å². The van der Waals surface area contributed by atoms with Gasteiger partial charge in [-0.3, -0.25) is 4.48 Å². The Bertz CT molecular complexity index is 699. The number of nitrogens with zero attached hydrogens (tertiary/aromatic N) is 2. The molecule has 0 saturated heterocycles. The van der Waals surface area contributed by atoms with Crippen LogP contribution in [-0.2, 0) is 13.1 Å². The van der Waals surface area contributed by atoms with Gasteiger partial charge in [0, 0.05) is 58.9 Å². The summed E-state index contributed by atoms with van der Waals surface area (Å²) in [5.74, 6) is 0. The number of hydrogen-bond donors (Lipinski definition) is 2. The van der Waals surface area contributed by atoms with E-state index in [9.17, 15) is 0 Å². The highest BCUT2D eigenvalue weighted by Gasteiger charge is 2.41. The summed E-state index contributed by atoms with van der Waals surface area (Å²) in [6, 6.07) is 21.0. The molecule has 0 aliphatic heterocycles. The summed E-state index contributed by atoms with van der Waals surface area (Å²) in [6.45, 7) is 2.02. The summed E-state index contributed by atoms with van der Waals surface area (Å²) in [7, 11) is 6.34. The van der Waals surface area contributed by atoms with Crippen molar-refractivity contribution in [2.75, 3.05) is 33.6 Å². The van der Waals surface area contributed by atoms with Gasteiger partial charge in [0.15, 0.2) is 0 Å². The van der Waals surface area contributed by atoms with Crippen LogP contribution < -0.4 is 5.02 Å². The van der Waals surface area contributed by atoms with E-state index in [0.29, 0.717) is 0 Å². The topological polar surface area (TPSA) is 93.5 Å². The lowest BCUT2D eigenvalue weighted by molar-refractivity contribution is -0.909. The lowest BCUT2D eigenvalue weighted by Gasteiger charge is -2.39. The molecule has 1 unspecified atom stereocenters. The smallest absolute Gasteiger partial charge is 0.339 e. The third kappa shape index (κ3) is 16.4. The van der Waals surface area contributed by atoms with Crippen molar-refractivity contribution in [1.82, 2.24) is 0 Å². The average Bonchev–Trinajstić information content (AvgIpc) is 2.61. The summed E-state index contributed by atoms with van der Waals surface area (Å²) in [5, 5.41) is 22.8. The van der Waals surface area contributed by atoms with Crippen molar-refractivity contribution < 1.29 is 29.5 Å². The fraction of sp³-hybridized carbons (Fsp3) is 0.400. The van der Waals surface area contributed by atoms with E-state index >= 15 is 0 Å². The predicted molar refractivity (Wildman–Crippen MR) is 140 cm³/mol. The number of hydrogen-bond acceptors (Lipinski definition) is 4. The van der Waals surface area contributed by atoms with Crippen LogP contribution in [0.5, 0.6) is 0 Å². The van der Waals surface area contributed by atoms with Crippen LogP contribution in [0.15, 0.2) is 60.7 Å². The van der Waals surface area contributed by atoms with Crippen molar-refractivity contribution in [3.05, 3.63) is 71.8 Å². The van der Waals surface area contributed by atoms with Crippen LogP contribution in [0, 0.1) is 0 Å². The molecule has 1 atom stereocenters. The van der Waals surface area contributed by atoms with E-state index in [0.717, 1.165) is 27.5 Å². The molecular weight excluding hydrogens is 663 g/mol. The summed E-state index contributed by atoms with van der Waals surface area (Å²) in [4.78, 5) is 0. The fourth-order valence-corrected chi connectivity index (χ4v) is 4.63. The van der Waals surface area contributed by atoms with Crippen LogP contribution in [0.4, 0.5) is 0 Å². The molecule has 6 nitrogen and oxygen atoms in total. The summed E-state index contributed by atoms with van der Waals surface area (Å²) >= 11 is 14.3. The van der Waals surface area contributed by atoms with E-state index in [1.54, 1.807) is 0 Å². The van der Waals surface area contributed by atoms with Gasteiger partial charge in [0.2, 0.25) is 0 Å². The molecule has 176 valence electrons. The quantitative estimate of drug-likeness (QED) is 0.216. The maximum atomic E-state index is 8.64. The first-order valence-electron chi connectivity index (χ1n) is 9.08. The summed E-state index contributed by atoms with van der Waals surface area (Å²) in [5.41, 5.74) is 3.55. The molecule has 2 aromatic rings. The number of halogens is 4. The van der Waals surface area contributed by atoms with Gasteiger partial charge in [0.1, 0.15) is 18.5 Å². The first kappa shape index (κ1) is 33.4. The number of alkyl halides is 4. The first-order chi connectivity index (χ1) is 13.7. The fourth-order valence-electron chi connectivity index (χ4n) is 2.32. The minimum Gasteiger partial charge on any atom is -0.870 e. The van der Waals surface area contributed by atoms with Gasteiger partial charge in [-0.15, -0.1) is 0 Å². The zero-order valence-corrected chi connectivity index (χ0v) is 24.5.